The molecule has 5 heteroatoms. The van der Waals surface area contributed by atoms with Gasteiger partial charge in [-0.05, 0) is 48.9 Å². The molecule has 0 heterocycles. The van der Waals surface area contributed by atoms with Crippen molar-refractivity contribution in [2.75, 3.05) is 30.3 Å². The van der Waals surface area contributed by atoms with E-state index in [-0.39, 0.29) is 0 Å². The number of rotatable bonds is 11. The van der Waals surface area contributed by atoms with E-state index in [0.717, 1.165) is 43.2 Å². The van der Waals surface area contributed by atoms with Gasteiger partial charge in [-0.1, -0.05) is 49.4 Å². The molecular weight excluding hydrogens is 355 g/mol. The van der Waals surface area contributed by atoms with Gasteiger partial charge in [-0.3, -0.25) is 0 Å². The molecule has 136 valence electrons. The summed E-state index contributed by atoms with van der Waals surface area (Å²) >= 11 is 12.1. The summed E-state index contributed by atoms with van der Waals surface area (Å²) in [6, 6.07) is 13.5. The van der Waals surface area contributed by atoms with Crippen LogP contribution in [-0.2, 0) is 0 Å². The van der Waals surface area contributed by atoms with E-state index in [4.69, 9.17) is 27.9 Å². The Balaban J connectivity index is 1.66. The van der Waals surface area contributed by atoms with Crippen molar-refractivity contribution in [1.29, 1.82) is 0 Å². The first-order valence-electron chi connectivity index (χ1n) is 8.84. The molecular formula is C20H26Cl2N2O. The van der Waals surface area contributed by atoms with Crippen LogP contribution in [0.25, 0.3) is 0 Å². The van der Waals surface area contributed by atoms with Crippen molar-refractivity contribution in [1.82, 2.24) is 0 Å². The number of anilines is 2. The minimum Gasteiger partial charge on any atom is -0.494 e. The maximum absolute atomic E-state index is 6.12. The number of hydrogen-bond donors (Lipinski definition) is 2. The molecule has 2 N–H and O–H groups in total. The lowest BCUT2D eigenvalue weighted by Gasteiger charge is -2.11. The molecule has 0 unspecified atom stereocenters. The Kier molecular flexibility index (Phi) is 8.78. The van der Waals surface area contributed by atoms with Gasteiger partial charge in [0.1, 0.15) is 5.75 Å². The molecule has 0 aliphatic rings. The van der Waals surface area contributed by atoms with Crippen LogP contribution in [0.3, 0.4) is 0 Å². The second kappa shape index (κ2) is 11.1. The van der Waals surface area contributed by atoms with Crippen molar-refractivity contribution in [2.45, 2.75) is 32.6 Å². The van der Waals surface area contributed by atoms with Gasteiger partial charge in [0.25, 0.3) is 0 Å². The topological polar surface area (TPSA) is 33.3 Å². The Morgan fingerprint density at radius 1 is 0.880 bits per heavy atom. The average Bonchev–Trinajstić information content (AvgIpc) is 2.62. The fraction of sp³-hybridized carbons (Fsp3) is 0.400. The van der Waals surface area contributed by atoms with Crippen LogP contribution in [-0.4, -0.2) is 19.7 Å². The van der Waals surface area contributed by atoms with Gasteiger partial charge in [-0.15, -0.1) is 0 Å². The number of halogens is 2. The van der Waals surface area contributed by atoms with E-state index in [1.165, 1.54) is 19.3 Å². The summed E-state index contributed by atoms with van der Waals surface area (Å²) in [6.07, 6.45) is 4.88. The second-order valence-electron chi connectivity index (χ2n) is 5.91. The molecule has 0 saturated heterocycles. The van der Waals surface area contributed by atoms with Crippen molar-refractivity contribution >= 4 is 34.6 Å². The van der Waals surface area contributed by atoms with Crippen LogP contribution >= 0.6 is 23.2 Å². The van der Waals surface area contributed by atoms with Gasteiger partial charge in [0, 0.05) is 23.8 Å². The van der Waals surface area contributed by atoms with Gasteiger partial charge in [0.2, 0.25) is 0 Å². The molecule has 3 nitrogen and oxygen atoms in total. The predicted molar refractivity (Wildman–Crippen MR) is 110 cm³/mol. The number of ether oxygens (including phenoxy) is 1. The Morgan fingerprint density at radius 3 is 2.40 bits per heavy atom. The molecule has 0 fully saturated rings. The Labute approximate surface area is 160 Å². The highest BCUT2D eigenvalue weighted by Crippen LogP contribution is 2.25. The van der Waals surface area contributed by atoms with E-state index < -0.39 is 0 Å². The van der Waals surface area contributed by atoms with Crippen LogP contribution in [0.4, 0.5) is 11.4 Å². The van der Waals surface area contributed by atoms with E-state index in [9.17, 15) is 0 Å². The average molecular weight is 381 g/mol. The third-order valence-electron chi connectivity index (χ3n) is 3.82. The summed E-state index contributed by atoms with van der Waals surface area (Å²) in [4.78, 5) is 0. The summed E-state index contributed by atoms with van der Waals surface area (Å²) in [5.41, 5.74) is 1.92. The third kappa shape index (κ3) is 7.45. The fourth-order valence-corrected chi connectivity index (χ4v) is 2.78. The molecule has 0 aromatic heterocycles. The van der Waals surface area contributed by atoms with Gasteiger partial charge >= 0.3 is 0 Å². The third-order valence-corrected chi connectivity index (χ3v) is 4.38. The molecule has 0 radical (unpaired) electrons. The number of unbranched alkanes of at least 4 members (excludes halogenated alkanes) is 3. The number of benzene rings is 2. The minimum atomic E-state index is 0.671. The van der Waals surface area contributed by atoms with Gasteiger partial charge < -0.3 is 15.4 Å². The first-order valence-corrected chi connectivity index (χ1v) is 9.60. The highest BCUT2D eigenvalue weighted by atomic mass is 35.5. The van der Waals surface area contributed by atoms with E-state index >= 15 is 0 Å². The van der Waals surface area contributed by atoms with Gasteiger partial charge in [0.05, 0.1) is 17.3 Å². The molecule has 2 rings (SSSR count). The summed E-state index contributed by atoms with van der Waals surface area (Å²) in [7, 11) is 0. The van der Waals surface area contributed by atoms with Crippen LogP contribution in [0.15, 0.2) is 42.5 Å². The lowest BCUT2D eigenvalue weighted by Crippen LogP contribution is -2.13. The van der Waals surface area contributed by atoms with Crippen LogP contribution in [0.5, 0.6) is 5.75 Å². The van der Waals surface area contributed by atoms with E-state index in [1.807, 2.05) is 30.3 Å². The van der Waals surface area contributed by atoms with Crippen LogP contribution in [0.1, 0.15) is 32.6 Å². The summed E-state index contributed by atoms with van der Waals surface area (Å²) in [5, 5.41) is 7.99. The first-order chi connectivity index (χ1) is 12.2. The Hall–Kier alpha value is -1.58. The van der Waals surface area contributed by atoms with Crippen molar-refractivity contribution < 1.29 is 4.74 Å². The largest absolute Gasteiger partial charge is 0.494 e. The highest BCUT2D eigenvalue weighted by Gasteiger charge is 2.00. The number of hydrogen-bond acceptors (Lipinski definition) is 3. The summed E-state index contributed by atoms with van der Waals surface area (Å²) < 4.78 is 5.75. The van der Waals surface area contributed by atoms with Crippen LogP contribution in [0, 0.1) is 0 Å². The Bertz CT molecular complexity index is 632. The molecule has 25 heavy (non-hydrogen) atoms. The van der Waals surface area contributed by atoms with Crippen molar-refractivity contribution in [3.05, 3.63) is 52.5 Å². The van der Waals surface area contributed by atoms with Gasteiger partial charge in [-0.25, -0.2) is 0 Å². The number of nitrogens with one attached hydrogen (secondary N) is 2. The monoisotopic (exact) mass is 380 g/mol. The van der Waals surface area contributed by atoms with Gasteiger partial charge in [0.15, 0.2) is 0 Å². The maximum Gasteiger partial charge on any atom is 0.119 e. The smallest absolute Gasteiger partial charge is 0.119 e. The molecule has 0 atom stereocenters. The molecule has 2 aromatic carbocycles. The van der Waals surface area contributed by atoms with Crippen molar-refractivity contribution in [3.63, 3.8) is 0 Å². The molecule has 0 aliphatic carbocycles. The lowest BCUT2D eigenvalue weighted by molar-refractivity contribution is 0.305. The second-order valence-corrected chi connectivity index (χ2v) is 6.75. The Morgan fingerprint density at radius 2 is 1.64 bits per heavy atom. The normalized spacial score (nSPS) is 10.5. The zero-order valence-electron chi connectivity index (χ0n) is 14.7. The lowest BCUT2D eigenvalue weighted by atomic mass is 10.2. The highest BCUT2D eigenvalue weighted by molar-refractivity contribution is 6.35. The molecule has 0 amide bonds. The SMILES string of the molecule is CCCCCCOc1ccc(NCCNc2cc(Cl)ccc2Cl)cc1. The quantitative estimate of drug-likeness (QED) is 0.437. The maximum atomic E-state index is 6.12. The summed E-state index contributed by atoms with van der Waals surface area (Å²) in [5.74, 6) is 0.922. The molecule has 2 aromatic rings. The molecule has 0 aliphatic heterocycles. The minimum absolute atomic E-state index is 0.671. The zero-order valence-corrected chi connectivity index (χ0v) is 16.2. The van der Waals surface area contributed by atoms with Crippen LogP contribution < -0.4 is 15.4 Å². The van der Waals surface area contributed by atoms with Crippen LogP contribution in [0.2, 0.25) is 10.0 Å². The van der Waals surface area contributed by atoms with E-state index in [2.05, 4.69) is 17.6 Å². The van der Waals surface area contributed by atoms with Crippen molar-refractivity contribution in [3.8, 4) is 5.75 Å². The van der Waals surface area contributed by atoms with E-state index in [0.29, 0.717) is 10.0 Å². The standard InChI is InChI=1S/C20H26Cl2N2O/c1-2-3-4-5-14-25-18-9-7-17(8-10-18)23-12-13-24-20-15-16(21)6-11-19(20)22/h6-11,15,23-24H,2-5,12-14H2,1H3. The fourth-order valence-electron chi connectivity index (χ4n) is 2.42. The zero-order chi connectivity index (χ0) is 17.9. The van der Waals surface area contributed by atoms with E-state index in [1.54, 1.807) is 12.1 Å². The molecule has 0 bridgehead atoms. The predicted octanol–water partition coefficient (Wildman–Crippen LogP) is 6.48. The molecule has 0 spiro atoms. The molecule has 0 saturated carbocycles. The van der Waals surface area contributed by atoms with Crippen molar-refractivity contribution in [2.24, 2.45) is 0 Å². The summed E-state index contributed by atoms with van der Waals surface area (Å²) in [6.45, 7) is 4.53. The van der Waals surface area contributed by atoms with Gasteiger partial charge in [-0.2, -0.15) is 0 Å². The first kappa shape index (κ1) is 19.7.